The molecule has 0 amide bonds. The third kappa shape index (κ3) is 4.41. The van der Waals surface area contributed by atoms with Crippen molar-refractivity contribution in [2.24, 2.45) is 0 Å². The number of hydrogen-bond acceptors (Lipinski definition) is 5. The Bertz CT molecular complexity index is 373. The van der Waals surface area contributed by atoms with E-state index < -0.39 is 5.54 Å². The summed E-state index contributed by atoms with van der Waals surface area (Å²) in [6, 6.07) is 0.470. The van der Waals surface area contributed by atoms with Crippen LogP contribution in [0.25, 0.3) is 0 Å². The normalized spacial score (nSPS) is 29.9. The number of likely N-dealkylation sites (tertiary alicyclic amines) is 1. The summed E-state index contributed by atoms with van der Waals surface area (Å²) in [7, 11) is 1.77. The average molecular weight is 298 g/mol. The van der Waals surface area contributed by atoms with Crippen molar-refractivity contribution < 1.29 is 14.3 Å². The molecule has 0 aromatic heterocycles. The predicted molar refractivity (Wildman–Crippen MR) is 82.3 cm³/mol. The zero-order valence-electron chi connectivity index (χ0n) is 13.9. The molecular formula is C16H30N2O3. The van der Waals surface area contributed by atoms with Gasteiger partial charge < -0.3 is 9.47 Å². The molecule has 2 atom stereocenters. The molecular weight excluding hydrogens is 268 g/mol. The van der Waals surface area contributed by atoms with Crippen LogP contribution in [-0.2, 0) is 14.3 Å². The number of nitrogens with zero attached hydrogens (tertiary/aromatic N) is 1. The van der Waals surface area contributed by atoms with Crippen LogP contribution in [0.4, 0.5) is 0 Å². The lowest BCUT2D eigenvalue weighted by Gasteiger charge is -2.42. The highest BCUT2D eigenvalue weighted by Crippen LogP contribution is 2.27. The molecule has 0 aromatic carbocycles. The Kier molecular flexibility index (Phi) is 5.28. The lowest BCUT2D eigenvalue weighted by atomic mass is 9.92. The second kappa shape index (κ2) is 6.63. The summed E-state index contributed by atoms with van der Waals surface area (Å²) in [4.78, 5) is 14.7. The summed E-state index contributed by atoms with van der Waals surface area (Å²) >= 11 is 0. The maximum atomic E-state index is 12.4. The van der Waals surface area contributed by atoms with Gasteiger partial charge in [-0.25, -0.2) is 0 Å². The van der Waals surface area contributed by atoms with Crippen LogP contribution in [0.15, 0.2) is 0 Å². The van der Waals surface area contributed by atoms with E-state index in [9.17, 15) is 4.79 Å². The van der Waals surface area contributed by atoms with Crippen molar-refractivity contribution in [2.75, 3.05) is 33.4 Å². The van der Waals surface area contributed by atoms with Crippen molar-refractivity contribution in [3.8, 4) is 0 Å². The summed E-state index contributed by atoms with van der Waals surface area (Å²) < 4.78 is 10.9. The topological polar surface area (TPSA) is 50.8 Å². The van der Waals surface area contributed by atoms with Gasteiger partial charge in [0.25, 0.3) is 0 Å². The molecule has 2 rings (SSSR count). The molecule has 1 aliphatic carbocycles. The summed E-state index contributed by atoms with van der Waals surface area (Å²) in [5.41, 5.74) is -0.726. The Hall–Kier alpha value is -0.650. The highest BCUT2D eigenvalue weighted by molar-refractivity contribution is 5.80. The molecule has 2 unspecified atom stereocenters. The molecule has 5 nitrogen and oxygen atoms in total. The first-order chi connectivity index (χ1) is 9.91. The smallest absolute Gasteiger partial charge is 0.327 e. The van der Waals surface area contributed by atoms with Crippen molar-refractivity contribution in [1.29, 1.82) is 0 Å². The van der Waals surface area contributed by atoms with Crippen LogP contribution in [0.5, 0.6) is 0 Å². The quantitative estimate of drug-likeness (QED) is 0.723. The van der Waals surface area contributed by atoms with Crippen molar-refractivity contribution in [1.82, 2.24) is 10.2 Å². The lowest BCUT2D eigenvalue weighted by molar-refractivity contribution is -0.152. The number of carbonyl (C=O) groups is 1. The van der Waals surface area contributed by atoms with Gasteiger partial charge in [-0.3, -0.25) is 15.0 Å². The predicted octanol–water partition coefficient (Wildman–Crippen LogP) is 1.56. The number of ether oxygens (including phenoxy) is 2. The molecule has 1 aliphatic heterocycles. The fraction of sp³-hybridized carbons (Fsp3) is 0.938. The number of methoxy groups -OCH3 is 1. The second-order valence-corrected chi connectivity index (χ2v) is 6.94. The van der Waals surface area contributed by atoms with Gasteiger partial charge in [-0.1, -0.05) is 0 Å². The van der Waals surface area contributed by atoms with E-state index in [0.717, 1.165) is 38.8 Å². The summed E-state index contributed by atoms with van der Waals surface area (Å²) in [5, 5.41) is 3.49. The number of carbonyl (C=O) groups excluding carboxylic acids is 1. The zero-order valence-corrected chi connectivity index (χ0v) is 13.9. The van der Waals surface area contributed by atoms with E-state index >= 15 is 0 Å². The van der Waals surface area contributed by atoms with Crippen LogP contribution in [0, 0.1) is 0 Å². The number of rotatable bonds is 7. The van der Waals surface area contributed by atoms with Gasteiger partial charge in [-0.15, -0.1) is 0 Å². The molecule has 0 spiro atoms. The van der Waals surface area contributed by atoms with Crippen LogP contribution in [0.3, 0.4) is 0 Å². The van der Waals surface area contributed by atoms with Gasteiger partial charge in [0, 0.05) is 26.2 Å². The Morgan fingerprint density at radius 1 is 1.48 bits per heavy atom. The molecule has 0 bridgehead atoms. The Morgan fingerprint density at radius 3 is 2.76 bits per heavy atom. The first kappa shape index (κ1) is 16.7. The number of nitrogens with one attached hydrogen (secondary N) is 1. The van der Waals surface area contributed by atoms with Crippen LogP contribution in [-0.4, -0.2) is 61.4 Å². The van der Waals surface area contributed by atoms with Crippen LogP contribution in [0.1, 0.15) is 46.5 Å². The molecule has 5 heteroatoms. The Morgan fingerprint density at radius 2 is 2.19 bits per heavy atom. The van der Waals surface area contributed by atoms with Gasteiger partial charge >= 0.3 is 5.97 Å². The molecule has 1 heterocycles. The first-order valence-corrected chi connectivity index (χ1v) is 8.13. The summed E-state index contributed by atoms with van der Waals surface area (Å²) in [6.45, 7) is 8.97. The first-order valence-electron chi connectivity index (χ1n) is 8.13. The van der Waals surface area contributed by atoms with Crippen molar-refractivity contribution in [3.63, 3.8) is 0 Å². The minimum absolute atomic E-state index is 0.104. The number of esters is 1. The standard InChI is InChI=1S/C16H30N2O3/c1-5-21-14(19)16(3,17-13-7-8-13)12-18-10-6-9-15(2,11-18)20-4/h13,17H,5-12H2,1-4H3. The zero-order chi connectivity index (χ0) is 15.5. The van der Waals surface area contributed by atoms with E-state index in [1.54, 1.807) is 7.11 Å². The highest BCUT2D eigenvalue weighted by atomic mass is 16.5. The van der Waals surface area contributed by atoms with Gasteiger partial charge in [-0.2, -0.15) is 0 Å². The van der Waals surface area contributed by atoms with Crippen molar-refractivity contribution >= 4 is 5.97 Å². The van der Waals surface area contributed by atoms with Crippen LogP contribution < -0.4 is 5.32 Å². The second-order valence-electron chi connectivity index (χ2n) is 6.94. The molecule has 2 fully saturated rings. The molecule has 2 aliphatic rings. The summed E-state index contributed by atoms with van der Waals surface area (Å²) in [5.74, 6) is -0.137. The Labute approximate surface area is 128 Å². The van der Waals surface area contributed by atoms with E-state index in [-0.39, 0.29) is 11.6 Å². The fourth-order valence-electron chi connectivity index (χ4n) is 3.19. The monoisotopic (exact) mass is 298 g/mol. The molecule has 1 saturated carbocycles. The van der Waals surface area contributed by atoms with Crippen molar-refractivity contribution in [3.05, 3.63) is 0 Å². The fourth-order valence-corrected chi connectivity index (χ4v) is 3.19. The third-order valence-electron chi connectivity index (χ3n) is 4.60. The summed E-state index contributed by atoms with van der Waals surface area (Å²) in [6.07, 6.45) is 4.49. The Balaban J connectivity index is 2.01. The van der Waals surface area contributed by atoms with Gasteiger partial charge in [0.15, 0.2) is 0 Å². The lowest BCUT2D eigenvalue weighted by Crippen LogP contribution is -2.61. The maximum absolute atomic E-state index is 12.4. The van der Waals surface area contributed by atoms with Crippen molar-refractivity contribution in [2.45, 2.75) is 63.6 Å². The minimum Gasteiger partial charge on any atom is -0.465 e. The van der Waals surface area contributed by atoms with Crippen LogP contribution in [0.2, 0.25) is 0 Å². The van der Waals surface area contributed by atoms with E-state index in [2.05, 4.69) is 17.1 Å². The number of hydrogen-bond donors (Lipinski definition) is 1. The molecule has 0 aromatic rings. The molecule has 0 radical (unpaired) electrons. The maximum Gasteiger partial charge on any atom is 0.327 e. The molecule has 1 saturated heterocycles. The van der Waals surface area contributed by atoms with E-state index in [4.69, 9.17) is 9.47 Å². The number of piperidine rings is 1. The van der Waals surface area contributed by atoms with Crippen LogP contribution >= 0.6 is 0 Å². The van der Waals surface area contributed by atoms with E-state index in [1.165, 1.54) is 0 Å². The van der Waals surface area contributed by atoms with Gasteiger partial charge in [0.1, 0.15) is 5.54 Å². The molecule has 21 heavy (non-hydrogen) atoms. The average Bonchev–Trinajstić information content (AvgIpc) is 3.23. The van der Waals surface area contributed by atoms with E-state index in [0.29, 0.717) is 19.2 Å². The third-order valence-corrected chi connectivity index (χ3v) is 4.60. The largest absolute Gasteiger partial charge is 0.465 e. The molecule has 1 N–H and O–H groups in total. The van der Waals surface area contributed by atoms with Gasteiger partial charge in [-0.05, 0) is 53.0 Å². The van der Waals surface area contributed by atoms with Gasteiger partial charge in [0.2, 0.25) is 0 Å². The highest BCUT2D eigenvalue weighted by Gasteiger charge is 2.42. The SMILES string of the molecule is CCOC(=O)C(C)(CN1CCCC(C)(OC)C1)NC1CC1. The van der Waals surface area contributed by atoms with E-state index in [1.807, 2.05) is 13.8 Å². The van der Waals surface area contributed by atoms with Gasteiger partial charge in [0.05, 0.1) is 12.2 Å². The minimum atomic E-state index is -0.622. The molecule has 122 valence electrons.